The maximum Gasteiger partial charge on any atom is 0.410 e. The number of nitrogens with zero attached hydrogens (tertiary/aromatic N) is 1. The molecule has 8 nitrogen and oxygen atoms in total. The summed E-state index contributed by atoms with van der Waals surface area (Å²) >= 11 is 0. The van der Waals surface area contributed by atoms with E-state index >= 15 is 0 Å². The lowest BCUT2D eigenvalue weighted by Gasteiger charge is -2.58. The average molecular weight is 497 g/mol. The minimum absolute atomic E-state index is 0.179. The van der Waals surface area contributed by atoms with Crippen LogP contribution < -0.4 is 10.1 Å². The number of hydrogen-bond donors (Lipinski definition) is 1. The topological polar surface area (TPSA) is 86.3 Å². The second-order valence-corrected chi connectivity index (χ2v) is 10.6. The fraction of sp³-hybridized carbons (Fsp3) is 0.500. The smallest absolute Gasteiger partial charge is 0.410 e. The summed E-state index contributed by atoms with van der Waals surface area (Å²) in [6, 6.07) is 17.3. The van der Waals surface area contributed by atoms with Gasteiger partial charge in [0.1, 0.15) is 24.6 Å². The van der Waals surface area contributed by atoms with Crippen LogP contribution in [-0.2, 0) is 27.4 Å². The number of amides is 2. The number of nitrogens with one attached hydrogen (secondary N) is 1. The lowest BCUT2D eigenvalue weighted by atomic mass is 9.62. The number of likely N-dealkylation sites (tertiary alicyclic amines) is 1. The molecule has 4 rings (SSSR count). The highest BCUT2D eigenvalue weighted by Gasteiger charge is 2.54. The van der Waals surface area contributed by atoms with E-state index in [1.54, 1.807) is 4.90 Å². The third-order valence-corrected chi connectivity index (χ3v) is 6.31. The summed E-state index contributed by atoms with van der Waals surface area (Å²) in [6.07, 6.45) is 1.37. The molecule has 1 heterocycles. The van der Waals surface area contributed by atoms with E-state index in [1.807, 2.05) is 75.4 Å². The molecule has 2 aromatic rings. The minimum atomic E-state index is -0.473. The third-order valence-electron chi connectivity index (χ3n) is 6.31. The first kappa shape index (κ1) is 25.8. The van der Waals surface area contributed by atoms with Gasteiger partial charge in [0.2, 0.25) is 0 Å². The van der Waals surface area contributed by atoms with E-state index in [0.29, 0.717) is 19.8 Å². The van der Waals surface area contributed by atoms with Gasteiger partial charge in [0, 0.05) is 24.1 Å². The fourth-order valence-electron chi connectivity index (χ4n) is 4.56. The van der Waals surface area contributed by atoms with E-state index in [0.717, 1.165) is 42.8 Å². The molecule has 0 bridgehead atoms. The largest absolute Gasteiger partial charge is 0.491 e. The van der Waals surface area contributed by atoms with E-state index in [2.05, 4.69) is 5.32 Å². The summed E-state index contributed by atoms with van der Waals surface area (Å²) in [6.45, 7) is 8.47. The Bertz CT molecular complexity index is 1020. The van der Waals surface area contributed by atoms with Crippen LogP contribution in [0.15, 0.2) is 54.6 Å². The molecule has 1 aliphatic heterocycles. The van der Waals surface area contributed by atoms with Crippen LogP contribution in [0, 0.1) is 5.41 Å². The Morgan fingerprint density at radius 2 is 1.69 bits per heavy atom. The zero-order chi connectivity index (χ0) is 25.6. The van der Waals surface area contributed by atoms with Crippen LogP contribution in [0.1, 0.15) is 44.7 Å². The zero-order valence-corrected chi connectivity index (χ0v) is 21.3. The van der Waals surface area contributed by atoms with Gasteiger partial charge in [-0.05, 0) is 45.2 Å². The van der Waals surface area contributed by atoms with Crippen LogP contribution in [0.4, 0.5) is 9.59 Å². The van der Waals surface area contributed by atoms with Gasteiger partial charge in [0.05, 0.1) is 19.3 Å². The van der Waals surface area contributed by atoms with Gasteiger partial charge in [-0.2, -0.15) is 0 Å². The maximum absolute atomic E-state index is 12.2. The number of alkyl carbamates (subject to hydrolysis) is 1. The fourth-order valence-corrected chi connectivity index (χ4v) is 4.56. The first-order chi connectivity index (χ1) is 17.2. The van der Waals surface area contributed by atoms with Crippen LogP contribution >= 0.6 is 0 Å². The highest BCUT2D eigenvalue weighted by molar-refractivity contribution is 5.69. The van der Waals surface area contributed by atoms with Gasteiger partial charge in [0.15, 0.2) is 0 Å². The molecule has 0 radical (unpaired) electrons. The highest BCUT2D eigenvalue weighted by atomic mass is 16.6. The number of ether oxygens (including phenoxy) is 4. The van der Waals surface area contributed by atoms with Gasteiger partial charge in [-0.15, -0.1) is 0 Å². The second-order valence-electron chi connectivity index (χ2n) is 10.6. The van der Waals surface area contributed by atoms with Crippen LogP contribution in [-0.4, -0.2) is 55.0 Å². The summed E-state index contributed by atoms with van der Waals surface area (Å²) in [5.74, 6) is 0.741. The highest BCUT2D eigenvalue weighted by Crippen LogP contribution is 2.50. The van der Waals surface area contributed by atoms with Gasteiger partial charge in [-0.1, -0.05) is 48.5 Å². The summed E-state index contributed by atoms with van der Waals surface area (Å²) in [7, 11) is 0. The SMILES string of the molecule is CC(C)(C)OC(=O)N1CC2(CC(OCc3ccccc3OCCNC(=O)OCc3ccccc3)C2)C1. The number of carbonyl (C=O) groups excluding carboxylic acids is 2. The molecule has 36 heavy (non-hydrogen) atoms. The van der Waals surface area contributed by atoms with Crippen LogP contribution in [0.25, 0.3) is 0 Å². The monoisotopic (exact) mass is 496 g/mol. The van der Waals surface area contributed by atoms with Gasteiger partial charge in [-0.3, -0.25) is 0 Å². The number of benzene rings is 2. The molecule has 1 spiro atoms. The molecule has 1 N–H and O–H groups in total. The summed E-state index contributed by atoms with van der Waals surface area (Å²) in [4.78, 5) is 25.8. The standard InChI is InChI=1S/C28H36N2O6/c1-27(2,3)36-26(32)30-19-28(20-30)15-23(16-28)34-18-22-11-7-8-12-24(22)33-14-13-29-25(31)35-17-21-9-5-4-6-10-21/h4-12,23H,13-20H2,1-3H3,(H,29,31). The van der Waals surface area contributed by atoms with Crippen LogP contribution in [0.3, 0.4) is 0 Å². The molecular formula is C28H36N2O6. The Morgan fingerprint density at radius 3 is 2.42 bits per heavy atom. The summed E-state index contributed by atoms with van der Waals surface area (Å²) < 4.78 is 22.7. The number of carbonyl (C=O) groups is 2. The Morgan fingerprint density at radius 1 is 1.00 bits per heavy atom. The van der Waals surface area contributed by atoms with Crippen molar-refractivity contribution in [2.24, 2.45) is 5.41 Å². The van der Waals surface area contributed by atoms with E-state index < -0.39 is 11.7 Å². The molecule has 1 saturated heterocycles. The normalized spacial score (nSPS) is 16.6. The average Bonchev–Trinajstić information content (AvgIpc) is 2.78. The molecule has 0 atom stereocenters. The van der Waals surface area contributed by atoms with Crippen molar-refractivity contribution in [1.82, 2.24) is 10.2 Å². The predicted molar refractivity (Wildman–Crippen MR) is 135 cm³/mol. The van der Waals surface area contributed by atoms with Crippen LogP contribution in [0.2, 0.25) is 0 Å². The summed E-state index contributed by atoms with van der Waals surface area (Å²) in [5, 5.41) is 2.70. The molecule has 0 aromatic heterocycles. The molecule has 1 aliphatic carbocycles. The Hall–Kier alpha value is -3.26. The lowest BCUT2D eigenvalue weighted by molar-refractivity contribution is -0.151. The van der Waals surface area contributed by atoms with Crippen LogP contribution in [0.5, 0.6) is 5.75 Å². The van der Waals surface area contributed by atoms with Gasteiger partial charge in [0.25, 0.3) is 0 Å². The predicted octanol–water partition coefficient (Wildman–Crippen LogP) is 4.91. The van der Waals surface area contributed by atoms with Crippen molar-refractivity contribution in [3.05, 3.63) is 65.7 Å². The molecule has 194 valence electrons. The van der Waals surface area contributed by atoms with Crippen molar-refractivity contribution in [3.63, 3.8) is 0 Å². The van der Waals surface area contributed by atoms with Crippen molar-refractivity contribution < 1.29 is 28.5 Å². The molecule has 2 amide bonds. The molecule has 8 heteroatoms. The molecule has 2 aliphatic rings. The van der Waals surface area contributed by atoms with Gasteiger partial charge >= 0.3 is 12.2 Å². The third kappa shape index (κ3) is 7.13. The molecule has 0 unspecified atom stereocenters. The Kier molecular flexibility index (Phi) is 8.04. The molecule has 1 saturated carbocycles. The van der Waals surface area contributed by atoms with Crippen molar-refractivity contribution in [2.45, 2.75) is 58.5 Å². The van der Waals surface area contributed by atoms with E-state index in [1.165, 1.54) is 0 Å². The number of rotatable bonds is 9. The maximum atomic E-state index is 12.2. The van der Waals surface area contributed by atoms with Crippen molar-refractivity contribution in [2.75, 3.05) is 26.2 Å². The van der Waals surface area contributed by atoms with E-state index in [4.69, 9.17) is 18.9 Å². The lowest BCUT2D eigenvalue weighted by Crippen LogP contribution is -2.65. The Labute approximate surface area is 212 Å². The first-order valence-electron chi connectivity index (χ1n) is 12.5. The summed E-state index contributed by atoms with van der Waals surface area (Å²) in [5.41, 5.74) is 1.61. The first-order valence-corrected chi connectivity index (χ1v) is 12.5. The number of hydrogen-bond acceptors (Lipinski definition) is 6. The van der Waals surface area contributed by atoms with Crippen molar-refractivity contribution in [1.29, 1.82) is 0 Å². The molecule has 2 aromatic carbocycles. The second kappa shape index (κ2) is 11.2. The van der Waals surface area contributed by atoms with E-state index in [9.17, 15) is 9.59 Å². The molecular weight excluding hydrogens is 460 g/mol. The quantitative estimate of drug-likeness (QED) is 0.497. The minimum Gasteiger partial charge on any atom is -0.491 e. The van der Waals surface area contributed by atoms with Crippen molar-refractivity contribution >= 4 is 12.2 Å². The van der Waals surface area contributed by atoms with E-state index in [-0.39, 0.29) is 24.2 Å². The van der Waals surface area contributed by atoms with Crippen molar-refractivity contribution in [3.8, 4) is 5.75 Å². The zero-order valence-electron chi connectivity index (χ0n) is 21.3. The Balaban J connectivity index is 1.12. The van der Waals surface area contributed by atoms with Gasteiger partial charge < -0.3 is 29.2 Å². The van der Waals surface area contributed by atoms with Gasteiger partial charge in [-0.25, -0.2) is 9.59 Å². The number of para-hydroxylation sites is 1. The molecule has 2 fully saturated rings.